The number of carbonyl (C=O) groups excluding carboxylic acids is 1. The summed E-state index contributed by atoms with van der Waals surface area (Å²) in [5.41, 5.74) is 5.14. The molecular formula is C27H42N6O3. The minimum absolute atomic E-state index is 0.0669. The van der Waals surface area contributed by atoms with Gasteiger partial charge < -0.3 is 5.32 Å². The molecule has 3 N–H and O–H groups in total. The highest BCUT2D eigenvalue weighted by Gasteiger charge is 2.23. The van der Waals surface area contributed by atoms with Gasteiger partial charge in [0.2, 0.25) is 11.6 Å². The Morgan fingerprint density at radius 2 is 1.33 bits per heavy atom. The molecule has 1 amide bonds. The molecule has 1 aromatic carbocycles. The molecule has 0 aliphatic heterocycles. The van der Waals surface area contributed by atoms with E-state index in [-0.39, 0.29) is 17.3 Å². The van der Waals surface area contributed by atoms with E-state index in [2.05, 4.69) is 33.1 Å². The van der Waals surface area contributed by atoms with Crippen LogP contribution in [-0.4, -0.2) is 27.3 Å². The van der Waals surface area contributed by atoms with E-state index in [4.69, 9.17) is 0 Å². The minimum Gasteiger partial charge on any atom is -0.364 e. The molecule has 9 heteroatoms. The van der Waals surface area contributed by atoms with E-state index < -0.39 is 10.8 Å². The van der Waals surface area contributed by atoms with Crippen molar-refractivity contribution in [3.63, 3.8) is 0 Å². The highest BCUT2D eigenvalue weighted by molar-refractivity contribution is 5.95. The van der Waals surface area contributed by atoms with Crippen LogP contribution in [0.5, 0.6) is 0 Å². The van der Waals surface area contributed by atoms with Crippen molar-refractivity contribution >= 4 is 23.2 Å². The van der Waals surface area contributed by atoms with Gasteiger partial charge in [0.25, 0.3) is 5.91 Å². The number of amides is 1. The standard InChI is InChI=1S/C27H42N6O3/c1-2-3-4-5-6-7-8-9-10-11-12-13-14-18-21-28-25-24(33(35)36)26(30-22-29-25)31-32-27(34)23-19-16-15-17-20-23/h15-17,19-20,22H,2-14,18,21H2,1H3,(H,32,34)(H2,28,29,30,31). The Bertz CT molecular complexity index is 894. The first-order valence-corrected chi connectivity index (χ1v) is 13.5. The number of nitro groups is 1. The summed E-state index contributed by atoms with van der Waals surface area (Å²) in [5.74, 6) is -0.343. The van der Waals surface area contributed by atoms with Crippen molar-refractivity contribution in [1.82, 2.24) is 15.4 Å². The van der Waals surface area contributed by atoms with Gasteiger partial charge in [-0.05, 0) is 18.6 Å². The van der Waals surface area contributed by atoms with Gasteiger partial charge in [-0.25, -0.2) is 9.97 Å². The van der Waals surface area contributed by atoms with Gasteiger partial charge in [0.15, 0.2) is 0 Å². The molecule has 0 fully saturated rings. The number of aromatic nitrogens is 2. The van der Waals surface area contributed by atoms with Crippen molar-refractivity contribution in [3.05, 3.63) is 52.3 Å². The van der Waals surface area contributed by atoms with Crippen molar-refractivity contribution in [2.45, 2.75) is 96.8 Å². The summed E-state index contributed by atoms with van der Waals surface area (Å²) < 4.78 is 0. The van der Waals surface area contributed by atoms with E-state index in [0.29, 0.717) is 12.1 Å². The van der Waals surface area contributed by atoms with Crippen LogP contribution in [-0.2, 0) is 0 Å². The van der Waals surface area contributed by atoms with Crippen LogP contribution in [0.25, 0.3) is 0 Å². The van der Waals surface area contributed by atoms with E-state index in [9.17, 15) is 14.9 Å². The molecule has 1 aromatic heterocycles. The zero-order chi connectivity index (χ0) is 25.8. The van der Waals surface area contributed by atoms with Crippen molar-refractivity contribution in [2.75, 3.05) is 17.3 Å². The van der Waals surface area contributed by atoms with Crippen LogP contribution in [0.3, 0.4) is 0 Å². The fourth-order valence-corrected chi connectivity index (χ4v) is 4.08. The molecule has 0 atom stereocenters. The summed E-state index contributed by atoms with van der Waals surface area (Å²) in [5, 5.41) is 14.7. The summed E-state index contributed by atoms with van der Waals surface area (Å²) >= 11 is 0. The van der Waals surface area contributed by atoms with E-state index in [1.807, 2.05) is 0 Å². The predicted molar refractivity (Wildman–Crippen MR) is 145 cm³/mol. The molecule has 0 unspecified atom stereocenters. The Balaban J connectivity index is 1.61. The third kappa shape index (κ3) is 11.5. The molecule has 1 heterocycles. The zero-order valence-corrected chi connectivity index (χ0v) is 21.6. The molecule has 0 saturated heterocycles. The second-order valence-corrected chi connectivity index (χ2v) is 9.14. The fourth-order valence-electron chi connectivity index (χ4n) is 4.08. The molecule has 0 spiro atoms. The van der Waals surface area contributed by atoms with E-state index in [1.165, 1.54) is 83.4 Å². The molecule has 0 aliphatic rings. The lowest BCUT2D eigenvalue weighted by molar-refractivity contribution is -0.383. The quantitative estimate of drug-likeness (QED) is 0.102. The monoisotopic (exact) mass is 498 g/mol. The van der Waals surface area contributed by atoms with Gasteiger partial charge in [0.1, 0.15) is 6.33 Å². The number of unbranched alkanes of at least 4 members (excludes halogenated alkanes) is 13. The molecule has 0 saturated carbocycles. The third-order valence-corrected chi connectivity index (χ3v) is 6.16. The van der Waals surface area contributed by atoms with Gasteiger partial charge in [0, 0.05) is 12.1 Å². The van der Waals surface area contributed by atoms with Crippen LogP contribution in [0.1, 0.15) is 107 Å². The Morgan fingerprint density at radius 3 is 1.89 bits per heavy atom. The smallest absolute Gasteiger partial charge is 0.354 e. The number of hydrazine groups is 1. The number of nitrogens with one attached hydrogen (secondary N) is 3. The van der Waals surface area contributed by atoms with Gasteiger partial charge in [-0.15, -0.1) is 0 Å². The van der Waals surface area contributed by atoms with Gasteiger partial charge in [-0.1, -0.05) is 109 Å². The van der Waals surface area contributed by atoms with Crippen molar-refractivity contribution < 1.29 is 9.72 Å². The van der Waals surface area contributed by atoms with E-state index >= 15 is 0 Å². The van der Waals surface area contributed by atoms with Gasteiger partial charge in [0.05, 0.1) is 4.92 Å². The van der Waals surface area contributed by atoms with Crippen LogP contribution >= 0.6 is 0 Å². The summed E-state index contributed by atoms with van der Waals surface area (Å²) in [6.45, 7) is 2.84. The first-order chi connectivity index (χ1) is 17.6. The Hall–Kier alpha value is -3.23. The highest BCUT2D eigenvalue weighted by Crippen LogP contribution is 2.28. The first kappa shape index (κ1) is 29.0. The second-order valence-electron chi connectivity index (χ2n) is 9.14. The molecule has 198 valence electrons. The molecule has 0 radical (unpaired) electrons. The maximum absolute atomic E-state index is 12.2. The van der Waals surface area contributed by atoms with E-state index in [1.54, 1.807) is 30.3 Å². The Kier molecular flexibility index (Phi) is 14.6. The molecule has 9 nitrogen and oxygen atoms in total. The summed E-state index contributed by atoms with van der Waals surface area (Å²) in [4.78, 5) is 31.3. The van der Waals surface area contributed by atoms with Gasteiger partial charge in [-0.2, -0.15) is 0 Å². The number of hydrogen-bond acceptors (Lipinski definition) is 7. The second kappa shape index (κ2) is 18.1. The normalized spacial score (nSPS) is 10.7. The number of hydrogen-bond donors (Lipinski definition) is 3. The molecular weight excluding hydrogens is 456 g/mol. The first-order valence-electron chi connectivity index (χ1n) is 13.5. The maximum atomic E-state index is 12.2. The number of rotatable bonds is 20. The number of nitrogens with zero attached hydrogens (tertiary/aromatic N) is 3. The molecule has 2 aromatic rings. The lowest BCUT2D eigenvalue weighted by atomic mass is 10.0. The summed E-state index contributed by atoms with van der Waals surface area (Å²) in [6.07, 6.45) is 19.1. The number of anilines is 2. The predicted octanol–water partition coefficient (Wildman–Crippen LogP) is 7.03. The largest absolute Gasteiger partial charge is 0.364 e. The van der Waals surface area contributed by atoms with Crippen LogP contribution < -0.4 is 16.2 Å². The Morgan fingerprint density at radius 1 is 0.806 bits per heavy atom. The number of carbonyl (C=O) groups is 1. The van der Waals surface area contributed by atoms with Crippen molar-refractivity contribution in [2.24, 2.45) is 0 Å². The lowest BCUT2D eigenvalue weighted by Crippen LogP contribution is -2.30. The molecule has 36 heavy (non-hydrogen) atoms. The van der Waals surface area contributed by atoms with Crippen LogP contribution in [0, 0.1) is 10.1 Å². The lowest BCUT2D eigenvalue weighted by Gasteiger charge is -2.11. The fraction of sp³-hybridized carbons (Fsp3) is 0.593. The van der Waals surface area contributed by atoms with Gasteiger partial charge in [-0.3, -0.25) is 25.8 Å². The maximum Gasteiger partial charge on any atom is 0.354 e. The van der Waals surface area contributed by atoms with E-state index in [0.717, 1.165) is 12.8 Å². The van der Waals surface area contributed by atoms with Gasteiger partial charge >= 0.3 is 5.69 Å². The zero-order valence-electron chi connectivity index (χ0n) is 21.6. The molecule has 2 rings (SSSR count). The Labute approximate surface area is 215 Å². The molecule has 0 aliphatic carbocycles. The number of benzene rings is 1. The third-order valence-electron chi connectivity index (χ3n) is 6.16. The summed E-state index contributed by atoms with van der Waals surface area (Å²) in [7, 11) is 0. The summed E-state index contributed by atoms with van der Waals surface area (Å²) in [6, 6.07) is 8.57. The minimum atomic E-state index is -0.551. The van der Waals surface area contributed by atoms with Crippen LogP contribution in [0.2, 0.25) is 0 Å². The molecule has 0 bridgehead atoms. The topological polar surface area (TPSA) is 122 Å². The SMILES string of the molecule is CCCCCCCCCCCCCCCCNc1ncnc(NNC(=O)c2ccccc2)c1[N+](=O)[O-]. The van der Waals surface area contributed by atoms with Crippen LogP contribution in [0.4, 0.5) is 17.3 Å². The highest BCUT2D eigenvalue weighted by atomic mass is 16.6. The van der Waals surface area contributed by atoms with Crippen molar-refractivity contribution in [1.29, 1.82) is 0 Å². The van der Waals surface area contributed by atoms with Crippen LogP contribution in [0.15, 0.2) is 36.7 Å². The average molecular weight is 499 g/mol. The van der Waals surface area contributed by atoms with Crippen molar-refractivity contribution in [3.8, 4) is 0 Å². The average Bonchev–Trinajstić information content (AvgIpc) is 2.89.